The van der Waals surface area contributed by atoms with Crippen LogP contribution in [-0.4, -0.2) is 8.07 Å². The summed E-state index contributed by atoms with van der Waals surface area (Å²) in [6, 6.07) is 3.51. The van der Waals surface area contributed by atoms with E-state index in [4.69, 9.17) is 6.42 Å². The Labute approximate surface area is 142 Å². The highest BCUT2D eigenvalue weighted by molar-refractivity contribution is 6.87. The summed E-state index contributed by atoms with van der Waals surface area (Å²) in [5.74, 6) is 35.7. The van der Waals surface area contributed by atoms with Crippen LogP contribution in [0.3, 0.4) is 0 Å². The van der Waals surface area contributed by atoms with E-state index < -0.39 is 8.07 Å². The molecule has 23 heavy (non-hydrogen) atoms. The molecule has 0 aromatic heterocycles. The Hall–Kier alpha value is -3.30. The van der Waals surface area contributed by atoms with E-state index in [0.29, 0.717) is 0 Å². The van der Waals surface area contributed by atoms with Gasteiger partial charge in [0.2, 0.25) is 0 Å². The van der Waals surface area contributed by atoms with E-state index >= 15 is 0 Å². The Morgan fingerprint density at radius 2 is 0.826 bits per heavy atom. The highest BCUT2D eigenvalue weighted by atomic mass is 28.3. The lowest BCUT2D eigenvalue weighted by molar-refractivity contribution is 1.20. The maximum absolute atomic E-state index is 4.93. The molecule has 0 unspecified atom stereocenters. The number of rotatable bonds is 3. The molecule has 0 aromatic rings. The molecule has 0 heterocycles. The minimum Gasteiger partial charge on any atom is -0.117 e. The quantitative estimate of drug-likeness (QED) is 0.555. The summed E-state index contributed by atoms with van der Waals surface area (Å²) < 4.78 is 0. The van der Waals surface area contributed by atoms with E-state index in [1.54, 1.807) is 0 Å². The molecule has 0 aliphatic rings. The van der Waals surface area contributed by atoms with Gasteiger partial charge in [-0.05, 0) is 101 Å². The first kappa shape index (κ1) is 19.7. The maximum atomic E-state index is 4.93. The van der Waals surface area contributed by atoms with Gasteiger partial charge >= 0.3 is 0 Å². The summed E-state index contributed by atoms with van der Waals surface area (Å²) in [6.07, 6.45) is 4.93. The molecule has 0 aliphatic carbocycles. The van der Waals surface area contributed by atoms with Gasteiger partial charge in [0.25, 0.3) is 0 Å². The summed E-state index contributed by atoms with van der Waals surface area (Å²) in [7, 11) is -1.41. The highest BCUT2D eigenvalue weighted by Crippen LogP contribution is 2.18. The van der Waals surface area contributed by atoms with E-state index in [9.17, 15) is 0 Å². The zero-order valence-corrected chi connectivity index (χ0v) is 14.7. The molecule has 0 fully saturated rings. The normalized spacial score (nSPS) is 6.70. The third-order valence-electron chi connectivity index (χ3n) is 3.18. The molecule has 0 aliphatic heterocycles. The molecule has 0 rings (SSSR count). The Morgan fingerprint density at radius 3 is 1.13 bits per heavy atom. The van der Waals surface area contributed by atoms with Gasteiger partial charge in [-0.2, -0.15) is 0 Å². The van der Waals surface area contributed by atoms with Crippen molar-refractivity contribution >= 4 is 8.07 Å². The topological polar surface area (TPSA) is 0 Å². The summed E-state index contributed by atoms with van der Waals surface area (Å²) in [5, 5.41) is 0. The molecular formula is C22H16Si. The summed E-state index contributed by atoms with van der Waals surface area (Å²) in [5.41, 5.74) is 3.37. The molecule has 0 aromatic carbocycles. The average Bonchev–Trinajstić information content (AvgIpc) is 2.59. The van der Waals surface area contributed by atoms with Gasteiger partial charge in [0.1, 0.15) is 8.07 Å². The molecule has 0 bridgehead atoms. The van der Waals surface area contributed by atoms with Crippen LogP contribution in [0, 0.1) is 94.9 Å². The van der Waals surface area contributed by atoms with Crippen LogP contribution < -0.4 is 0 Å². The average molecular weight is 308 g/mol. The van der Waals surface area contributed by atoms with E-state index in [0.717, 1.165) is 0 Å². The maximum Gasteiger partial charge on any atom is 0.139 e. The van der Waals surface area contributed by atoms with Gasteiger partial charge in [0, 0.05) is 0 Å². The minimum atomic E-state index is -1.41. The summed E-state index contributed by atoms with van der Waals surface area (Å²) in [4.78, 5) is 0. The lowest BCUT2D eigenvalue weighted by atomic mass is 10.5. The van der Waals surface area contributed by atoms with Crippen LogP contribution in [0.25, 0.3) is 0 Å². The van der Waals surface area contributed by atoms with Gasteiger partial charge in [-0.1, -0.05) is 20.8 Å². The van der Waals surface area contributed by atoms with E-state index in [1.165, 1.54) is 18.1 Å². The smallest absolute Gasteiger partial charge is 0.117 e. The van der Waals surface area contributed by atoms with Gasteiger partial charge in [-0.15, -0.1) is 12.0 Å². The third-order valence-corrected chi connectivity index (χ3v) is 7.90. The standard InChI is InChI=1S/C22H16Si/c1-5-9-10-11-12-13-14-15-16-17-18-19-20-21-22-23(6-2,7-3)8-4/h1H,6-8H2,2-4H3. The van der Waals surface area contributed by atoms with Crippen molar-refractivity contribution in [3.8, 4) is 94.9 Å². The van der Waals surface area contributed by atoms with Crippen molar-refractivity contribution < 1.29 is 0 Å². The fourth-order valence-corrected chi connectivity index (χ4v) is 3.92. The van der Waals surface area contributed by atoms with Gasteiger partial charge in [-0.3, -0.25) is 0 Å². The van der Waals surface area contributed by atoms with Crippen LogP contribution in [-0.2, 0) is 0 Å². The first-order valence-electron chi connectivity index (χ1n) is 7.22. The second-order valence-electron chi connectivity index (χ2n) is 4.24. The van der Waals surface area contributed by atoms with Gasteiger partial charge in [0.05, 0.1) is 0 Å². The van der Waals surface area contributed by atoms with Gasteiger partial charge < -0.3 is 0 Å². The fraction of sp³-hybridized carbons (Fsp3) is 0.273. The van der Waals surface area contributed by atoms with Crippen molar-refractivity contribution in [2.75, 3.05) is 0 Å². The Kier molecular flexibility index (Phi) is 11.7. The van der Waals surface area contributed by atoms with Crippen molar-refractivity contribution in [3.63, 3.8) is 0 Å². The first-order chi connectivity index (χ1) is 11.2. The second kappa shape index (κ2) is 13.7. The predicted octanol–water partition coefficient (Wildman–Crippen LogP) is 2.69. The molecule has 0 radical (unpaired) electrons. The number of hydrogen-bond donors (Lipinski definition) is 0. The highest BCUT2D eigenvalue weighted by Gasteiger charge is 2.23. The van der Waals surface area contributed by atoms with E-state index in [2.05, 4.69) is 109 Å². The summed E-state index contributed by atoms with van der Waals surface area (Å²) >= 11 is 0. The van der Waals surface area contributed by atoms with Crippen molar-refractivity contribution in [1.82, 2.24) is 0 Å². The largest absolute Gasteiger partial charge is 0.139 e. The monoisotopic (exact) mass is 308 g/mol. The molecule has 0 amide bonds. The Balaban J connectivity index is 4.60. The SMILES string of the molecule is C#CC#CC#CC#CC#CC#CC#CC#C[Si](CC)(CC)CC. The fourth-order valence-electron chi connectivity index (χ4n) is 1.56. The van der Waals surface area contributed by atoms with Crippen LogP contribution in [0.15, 0.2) is 0 Å². The Bertz CT molecular complexity index is 863. The van der Waals surface area contributed by atoms with E-state index in [1.807, 2.05) is 0 Å². The molecule has 0 saturated carbocycles. The molecule has 0 saturated heterocycles. The molecule has 0 nitrogen and oxygen atoms in total. The first-order valence-corrected chi connectivity index (χ1v) is 9.84. The van der Waals surface area contributed by atoms with Gasteiger partial charge in [-0.25, -0.2) is 0 Å². The second-order valence-corrected chi connectivity index (χ2v) is 9.17. The summed E-state index contributed by atoms with van der Waals surface area (Å²) in [6.45, 7) is 6.64. The lowest BCUT2D eigenvalue weighted by Gasteiger charge is -2.19. The van der Waals surface area contributed by atoms with Crippen LogP contribution in [0.1, 0.15) is 20.8 Å². The number of terminal acetylenes is 1. The van der Waals surface area contributed by atoms with E-state index in [-0.39, 0.29) is 0 Å². The van der Waals surface area contributed by atoms with Crippen molar-refractivity contribution in [2.24, 2.45) is 0 Å². The van der Waals surface area contributed by atoms with Crippen molar-refractivity contribution in [1.29, 1.82) is 0 Å². The lowest BCUT2D eigenvalue weighted by Crippen LogP contribution is -2.29. The van der Waals surface area contributed by atoms with Crippen LogP contribution in [0.2, 0.25) is 18.1 Å². The zero-order valence-electron chi connectivity index (χ0n) is 13.7. The molecule has 1 heteroatoms. The molecule has 0 spiro atoms. The minimum absolute atomic E-state index is 1.17. The van der Waals surface area contributed by atoms with Crippen LogP contribution in [0.5, 0.6) is 0 Å². The van der Waals surface area contributed by atoms with Crippen LogP contribution in [0.4, 0.5) is 0 Å². The number of hydrogen-bond acceptors (Lipinski definition) is 0. The molecule has 0 N–H and O–H groups in total. The predicted molar refractivity (Wildman–Crippen MR) is 100 cm³/mol. The Morgan fingerprint density at radius 1 is 0.522 bits per heavy atom. The van der Waals surface area contributed by atoms with Crippen molar-refractivity contribution in [2.45, 2.75) is 38.9 Å². The van der Waals surface area contributed by atoms with Crippen LogP contribution >= 0.6 is 0 Å². The van der Waals surface area contributed by atoms with Gasteiger partial charge in [0.15, 0.2) is 0 Å². The molecule has 0 atom stereocenters. The zero-order chi connectivity index (χ0) is 17.2. The molecule has 108 valence electrons. The van der Waals surface area contributed by atoms with Crippen molar-refractivity contribution in [3.05, 3.63) is 0 Å². The third kappa shape index (κ3) is 10.1. The molecular weight excluding hydrogens is 292 g/mol.